The summed E-state index contributed by atoms with van der Waals surface area (Å²) in [5.74, 6) is 0.187. The first-order valence-corrected chi connectivity index (χ1v) is 8.50. The number of rotatable bonds is 3. The summed E-state index contributed by atoms with van der Waals surface area (Å²) in [4.78, 5) is 0.0836. The third-order valence-electron chi connectivity index (χ3n) is 4.19. The predicted octanol–water partition coefficient (Wildman–Crippen LogP) is 1.31. The van der Waals surface area contributed by atoms with Crippen LogP contribution in [-0.2, 0) is 10.0 Å². The fraction of sp³-hybridized carbons (Fsp3) is 0.533. The summed E-state index contributed by atoms with van der Waals surface area (Å²) in [5.41, 5.74) is 6.14. The molecule has 1 aromatic carbocycles. The van der Waals surface area contributed by atoms with Crippen molar-refractivity contribution in [2.45, 2.75) is 31.2 Å². The smallest absolute Gasteiger partial charge is 0.246 e. The van der Waals surface area contributed by atoms with Gasteiger partial charge in [0.25, 0.3) is 0 Å². The molecular formula is C15H21N3O3S. The van der Waals surface area contributed by atoms with E-state index in [1.807, 2.05) is 19.9 Å². The molecule has 1 heterocycles. The van der Waals surface area contributed by atoms with Crippen molar-refractivity contribution in [2.24, 2.45) is 11.1 Å². The Morgan fingerprint density at radius 3 is 2.68 bits per heavy atom. The van der Waals surface area contributed by atoms with Crippen LogP contribution < -0.4 is 10.5 Å². The molecule has 0 aromatic heterocycles. The Balaban J connectivity index is 2.41. The van der Waals surface area contributed by atoms with Gasteiger partial charge in [-0.05, 0) is 30.0 Å². The minimum atomic E-state index is -3.68. The molecule has 120 valence electrons. The van der Waals surface area contributed by atoms with E-state index in [2.05, 4.69) is 0 Å². The third kappa shape index (κ3) is 2.95. The minimum Gasteiger partial charge on any atom is -0.495 e. The first-order chi connectivity index (χ1) is 10.2. The zero-order valence-corrected chi connectivity index (χ0v) is 13.9. The van der Waals surface area contributed by atoms with Gasteiger partial charge in [-0.25, -0.2) is 8.42 Å². The second-order valence-electron chi connectivity index (χ2n) is 6.20. The van der Waals surface area contributed by atoms with E-state index in [9.17, 15) is 8.42 Å². The van der Waals surface area contributed by atoms with Crippen LogP contribution in [-0.4, -0.2) is 39.0 Å². The van der Waals surface area contributed by atoms with Crippen LogP contribution in [0.1, 0.15) is 25.8 Å². The van der Waals surface area contributed by atoms with Crippen molar-refractivity contribution in [1.29, 1.82) is 5.26 Å². The number of piperidine rings is 1. The van der Waals surface area contributed by atoms with Crippen molar-refractivity contribution in [3.05, 3.63) is 23.8 Å². The molecule has 1 aromatic rings. The highest BCUT2D eigenvalue weighted by atomic mass is 32.2. The molecule has 2 rings (SSSR count). The Labute approximate surface area is 131 Å². The molecule has 0 bridgehead atoms. The summed E-state index contributed by atoms with van der Waals surface area (Å²) in [6.07, 6.45) is 0.616. The lowest BCUT2D eigenvalue weighted by atomic mass is 9.81. The summed E-state index contributed by atoms with van der Waals surface area (Å²) >= 11 is 0. The lowest BCUT2D eigenvalue weighted by molar-refractivity contribution is 0.155. The van der Waals surface area contributed by atoms with Gasteiger partial charge in [0.15, 0.2) is 0 Å². The largest absolute Gasteiger partial charge is 0.495 e. The maximum Gasteiger partial charge on any atom is 0.246 e. The molecule has 0 spiro atoms. The van der Waals surface area contributed by atoms with Crippen LogP contribution in [0.15, 0.2) is 23.1 Å². The van der Waals surface area contributed by atoms with Crippen LogP contribution in [0.3, 0.4) is 0 Å². The molecule has 1 saturated heterocycles. The maximum absolute atomic E-state index is 12.9. The fourth-order valence-corrected chi connectivity index (χ4v) is 4.38. The van der Waals surface area contributed by atoms with Crippen LogP contribution >= 0.6 is 0 Å². The van der Waals surface area contributed by atoms with E-state index in [1.165, 1.54) is 29.6 Å². The van der Waals surface area contributed by atoms with E-state index >= 15 is 0 Å². The van der Waals surface area contributed by atoms with Gasteiger partial charge in [0.2, 0.25) is 10.0 Å². The monoisotopic (exact) mass is 323 g/mol. The summed E-state index contributed by atoms with van der Waals surface area (Å²) in [7, 11) is -2.29. The van der Waals surface area contributed by atoms with Crippen molar-refractivity contribution in [1.82, 2.24) is 4.31 Å². The van der Waals surface area contributed by atoms with Crippen LogP contribution in [0.25, 0.3) is 0 Å². The summed E-state index contributed by atoms with van der Waals surface area (Å²) in [5, 5.41) is 8.92. The van der Waals surface area contributed by atoms with E-state index < -0.39 is 10.0 Å². The SMILES string of the molecule is COc1cc(C#N)ccc1S(=O)(=O)N1CCC(N)C(C)(C)C1. The van der Waals surface area contributed by atoms with Crippen molar-refractivity contribution in [3.8, 4) is 11.8 Å². The molecule has 0 aliphatic carbocycles. The van der Waals surface area contributed by atoms with Crippen LogP contribution in [0.5, 0.6) is 5.75 Å². The van der Waals surface area contributed by atoms with E-state index in [4.69, 9.17) is 15.7 Å². The number of nitriles is 1. The molecule has 1 unspecified atom stereocenters. The van der Waals surface area contributed by atoms with E-state index in [0.29, 0.717) is 25.1 Å². The lowest BCUT2D eigenvalue weighted by Gasteiger charge is -2.41. The van der Waals surface area contributed by atoms with Gasteiger partial charge >= 0.3 is 0 Å². The number of benzene rings is 1. The molecule has 2 N–H and O–H groups in total. The Bertz CT molecular complexity index is 707. The summed E-state index contributed by atoms with van der Waals surface area (Å²) < 4.78 is 32.4. The zero-order valence-electron chi connectivity index (χ0n) is 13.0. The van der Waals surface area contributed by atoms with Crippen molar-refractivity contribution in [2.75, 3.05) is 20.2 Å². The van der Waals surface area contributed by atoms with Gasteiger partial charge in [0.05, 0.1) is 18.7 Å². The molecule has 1 aliphatic rings. The topological polar surface area (TPSA) is 96.4 Å². The first kappa shape index (κ1) is 16.7. The maximum atomic E-state index is 12.9. The molecule has 6 nitrogen and oxygen atoms in total. The van der Waals surface area contributed by atoms with E-state index in [0.717, 1.165) is 0 Å². The Kier molecular flexibility index (Phi) is 4.47. The third-order valence-corrected chi connectivity index (χ3v) is 6.07. The molecule has 1 atom stereocenters. The standard InChI is InChI=1S/C15H21N3O3S/c1-15(2)10-18(7-6-14(15)17)22(19,20)13-5-4-11(9-16)8-12(13)21-3/h4-5,8,14H,6-7,10,17H2,1-3H3. The second-order valence-corrected chi connectivity index (χ2v) is 8.11. The first-order valence-electron chi connectivity index (χ1n) is 7.06. The van der Waals surface area contributed by atoms with Crippen LogP contribution in [0.2, 0.25) is 0 Å². The van der Waals surface area contributed by atoms with Gasteiger partial charge in [-0.15, -0.1) is 0 Å². The molecule has 0 saturated carbocycles. The number of hydrogen-bond donors (Lipinski definition) is 1. The fourth-order valence-electron chi connectivity index (χ4n) is 2.62. The van der Waals surface area contributed by atoms with Gasteiger partial charge in [0.1, 0.15) is 10.6 Å². The highest BCUT2D eigenvalue weighted by molar-refractivity contribution is 7.89. The van der Waals surface area contributed by atoms with Gasteiger partial charge in [0, 0.05) is 19.1 Å². The molecule has 0 amide bonds. The van der Waals surface area contributed by atoms with Gasteiger partial charge < -0.3 is 10.5 Å². The van der Waals surface area contributed by atoms with Crippen LogP contribution in [0.4, 0.5) is 0 Å². The predicted molar refractivity (Wildman–Crippen MR) is 82.8 cm³/mol. The normalized spacial score (nSPS) is 22.0. The van der Waals surface area contributed by atoms with Gasteiger partial charge in [-0.1, -0.05) is 13.8 Å². The molecule has 1 aliphatic heterocycles. The number of nitrogens with two attached hydrogens (primary N) is 1. The number of nitrogens with zero attached hydrogens (tertiary/aromatic N) is 2. The highest BCUT2D eigenvalue weighted by Crippen LogP contribution is 2.34. The van der Waals surface area contributed by atoms with Crippen molar-refractivity contribution in [3.63, 3.8) is 0 Å². The molecule has 1 fully saturated rings. The molecule has 7 heteroatoms. The number of hydrogen-bond acceptors (Lipinski definition) is 5. The molecular weight excluding hydrogens is 302 g/mol. The zero-order chi connectivity index (χ0) is 16.5. The lowest BCUT2D eigenvalue weighted by Crippen LogP contribution is -2.53. The van der Waals surface area contributed by atoms with Gasteiger partial charge in [-0.2, -0.15) is 9.57 Å². The minimum absolute atomic E-state index is 0.0261. The van der Waals surface area contributed by atoms with E-state index in [-0.39, 0.29) is 22.1 Å². The Morgan fingerprint density at radius 2 is 2.14 bits per heavy atom. The Hall–Kier alpha value is -1.62. The quantitative estimate of drug-likeness (QED) is 0.905. The number of methoxy groups -OCH3 is 1. The number of sulfonamides is 1. The summed E-state index contributed by atoms with van der Waals surface area (Å²) in [6, 6.07) is 6.29. The number of ether oxygens (including phenoxy) is 1. The van der Waals surface area contributed by atoms with E-state index in [1.54, 1.807) is 0 Å². The second kappa shape index (κ2) is 5.88. The Morgan fingerprint density at radius 1 is 1.45 bits per heavy atom. The average Bonchev–Trinajstić information content (AvgIpc) is 2.48. The summed E-state index contributed by atoms with van der Waals surface area (Å²) in [6.45, 7) is 4.68. The molecule has 0 radical (unpaired) electrons. The van der Waals surface area contributed by atoms with Crippen molar-refractivity contribution < 1.29 is 13.2 Å². The van der Waals surface area contributed by atoms with Gasteiger partial charge in [-0.3, -0.25) is 0 Å². The van der Waals surface area contributed by atoms with Crippen LogP contribution in [0, 0.1) is 16.7 Å². The average molecular weight is 323 g/mol. The molecule has 22 heavy (non-hydrogen) atoms. The highest BCUT2D eigenvalue weighted by Gasteiger charge is 2.39. The van der Waals surface area contributed by atoms with Crippen molar-refractivity contribution >= 4 is 10.0 Å².